The monoisotopic (exact) mass is 322 g/mol. The Morgan fingerprint density at radius 1 is 1.14 bits per heavy atom. The molecule has 116 valence electrons. The summed E-state index contributed by atoms with van der Waals surface area (Å²) in [6.45, 7) is 0. The van der Waals surface area contributed by atoms with Crippen molar-refractivity contribution in [2.45, 2.75) is 0 Å². The van der Waals surface area contributed by atoms with Gasteiger partial charge in [-0.3, -0.25) is 4.79 Å². The maximum Gasteiger partial charge on any atom is 0.256 e. The fraction of sp³-hybridized carbons (Fsp3) is 0.200. The maximum absolute atomic E-state index is 12.4. The standard InChI is InChI=1S/C15H15ClN2O4/c1-20-11-7-9(8-12(21-2)13(11)22-3)15(19)18-10-5-4-6-17-14(10)16/h4-8H,1-3H3,(H,18,19). The Labute approximate surface area is 133 Å². The number of hydrogen-bond donors (Lipinski definition) is 1. The highest BCUT2D eigenvalue weighted by Crippen LogP contribution is 2.38. The normalized spacial score (nSPS) is 10.0. The SMILES string of the molecule is COc1cc(C(=O)Nc2cccnc2Cl)cc(OC)c1OC. The Kier molecular flexibility index (Phi) is 5.06. The van der Waals surface area contributed by atoms with Crippen molar-refractivity contribution in [1.82, 2.24) is 4.98 Å². The zero-order valence-electron chi connectivity index (χ0n) is 12.3. The molecule has 22 heavy (non-hydrogen) atoms. The highest BCUT2D eigenvalue weighted by Gasteiger charge is 2.17. The van der Waals surface area contributed by atoms with E-state index in [1.807, 2.05) is 0 Å². The molecule has 7 heteroatoms. The van der Waals surface area contributed by atoms with E-state index in [0.29, 0.717) is 28.5 Å². The summed E-state index contributed by atoms with van der Waals surface area (Å²) in [6, 6.07) is 6.45. The summed E-state index contributed by atoms with van der Waals surface area (Å²) in [5.74, 6) is 0.837. The zero-order chi connectivity index (χ0) is 16.1. The second-order valence-corrected chi connectivity index (χ2v) is 4.57. The molecule has 0 aliphatic heterocycles. The van der Waals surface area contributed by atoms with E-state index in [1.165, 1.54) is 27.5 Å². The molecule has 6 nitrogen and oxygen atoms in total. The Bertz CT molecular complexity index is 666. The third-order valence-electron chi connectivity index (χ3n) is 2.93. The van der Waals surface area contributed by atoms with E-state index in [9.17, 15) is 4.79 Å². The van der Waals surface area contributed by atoms with Crippen LogP contribution < -0.4 is 19.5 Å². The number of nitrogens with zero attached hydrogens (tertiary/aromatic N) is 1. The highest BCUT2D eigenvalue weighted by atomic mass is 35.5. The van der Waals surface area contributed by atoms with Crippen LogP contribution >= 0.6 is 11.6 Å². The van der Waals surface area contributed by atoms with Crippen LogP contribution in [0.1, 0.15) is 10.4 Å². The first-order valence-electron chi connectivity index (χ1n) is 6.32. The Balaban J connectivity index is 2.36. The molecule has 0 saturated carbocycles. The molecule has 1 N–H and O–H groups in total. The number of ether oxygens (including phenoxy) is 3. The molecule has 1 aromatic carbocycles. The van der Waals surface area contributed by atoms with E-state index in [-0.39, 0.29) is 11.1 Å². The molecule has 0 fully saturated rings. The predicted octanol–water partition coefficient (Wildman–Crippen LogP) is 3.01. The third kappa shape index (κ3) is 3.23. The Morgan fingerprint density at radius 3 is 2.27 bits per heavy atom. The van der Waals surface area contributed by atoms with Gasteiger partial charge < -0.3 is 19.5 Å². The van der Waals surface area contributed by atoms with Crippen LogP contribution in [0.2, 0.25) is 5.15 Å². The number of methoxy groups -OCH3 is 3. The van der Waals surface area contributed by atoms with Crippen LogP contribution in [0, 0.1) is 0 Å². The van der Waals surface area contributed by atoms with Crippen LogP contribution in [-0.4, -0.2) is 32.2 Å². The van der Waals surface area contributed by atoms with E-state index < -0.39 is 0 Å². The van der Waals surface area contributed by atoms with Crippen molar-refractivity contribution in [2.24, 2.45) is 0 Å². The second-order valence-electron chi connectivity index (χ2n) is 4.21. The quantitative estimate of drug-likeness (QED) is 0.857. The molecule has 0 radical (unpaired) electrons. The molecule has 0 aliphatic carbocycles. The summed E-state index contributed by atoms with van der Waals surface area (Å²) in [6.07, 6.45) is 1.54. The average molecular weight is 323 g/mol. The van der Waals surface area contributed by atoms with E-state index >= 15 is 0 Å². The van der Waals surface area contributed by atoms with Gasteiger partial charge in [-0.15, -0.1) is 0 Å². The van der Waals surface area contributed by atoms with Gasteiger partial charge in [-0.05, 0) is 24.3 Å². The maximum atomic E-state index is 12.4. The molecule has 0 atom stereocenters. The van der Waals surface area contributed by atoms with E-state index in [2.05, 4.69) is 10.3 Å². The number of rotatable bonds is 5. The molecular weight excluding hydrogens is 308 g/mol. The predicted molar refractivity (Wildman–Crippen MR) is 83.3 cm³/mol. The van der Waals surface area contributed by atoms with Crippen LogP contribution in [0.15, 0.2) is 30.5 Å². The van der Waals surface area contributed by atoms with Crippen molar-refractivity contribution < 1.29 is 19.0 Å². The summed E-state index contributed by atoms with van der Waals surface area (Å²) in [4.78, 5) is 16.3. The lowest BCUT2D eigenvalue weighted by Gasteiger charge is -2.14. The first-order valence-corrected chi connectivity index (χ1v) is 6.70. The van der Waals surface area contributed by atoms with Gasteiger partial charge in [0.1, 0.15) is 0 Å². The van der Waals surface area contributed by atoms with Crippen LogP contribution in [0.4, 0.5) is 5.69 Å². The van der Waals surface area contributed by atoms with Crippen molar-refractivity contribution >= 4 is 23.2 Å². The summed E-state index contributed by atoms with van der Waals surface area (Å²) in [5, 5.41) is 2.89. The van der Waals surface area contributed by atoms with Gasteiger partial charge in [0.05, 0.1) is 27.0 Å². The molecule has 1 amide bonds. The highest BCUT2D eigenvalue weighted by molar-refractivity contribution is 6.32. The summed E-state index contributed by atoms with van der Waals surface area (Å²) in [7, 11) is 4.46. The molecule has 0 bridgehead atoms. The van der Waals surface area contributed by atoms with Gasteiger partial charge in [0.15, 0.2) is 16.7 Å². The zero-order valence-corrected chi connectivity index (χ0v) is 13.1. The number of halogens is 1. The number of pyridine rings is 1. The van der Waals surface area contributed by atoms with Gasteiger partial charge in [-0.1, -0.05) is 11.6 Å². The Morgan fingerprint density at radius 2 is 1.77 bits per heavy atom. The van der Waals surface area contributed by atoms with Crippen LogP contribution in [0.3, 0.4) is 0 Å². The largest absolute Gasteiger partial charge is 0.493 e. The van der Waals surface area contributed by atoms with Crippen molar-refractivity contribution in [3.8, 4) is 17.2 Å². The van der Waals surface area contributed by atoms with Crippen molar-refractivity contribution in [2.75, 3.05) is 26.6 Å². The van der Waals surface area contributed by atoms with Crippen molar-refractivity contribution in [3.05, 3.63) is 41.2 Å². The molecule has 0 spiro atoms. The fourth-order valence-electron chi connectivity index (χ4n) is 1.89. The number of benzene rings is 1. The van der Waals surface area contributed by atoms with Gasteiger partial charge in [-0.25, -0.2) is 4.98 Å². The van der Waals surface area contributed by atoms with Crippen molar-refractivity contribution in [1.29, 1.82) is 0 Å². The van der Waals surface area contributed by atoms with Crippen molar-refractivity contribution in [3.63, 3.8) is 0 Å². The lowest BCUT2D eigenvalue weighted by molar-refractivity contribution is 0.102. The molecule has 0 aliphatic rings. The van der Waals surface area contributed by atoms with Gasteiger partial charge in [0, 0.05) is 11.8 Å². The number of nitrogens with one attached hydrogen (secondary N) is 1. The number of amides is 1. The fourth-order valence-corrected chi connectivity index (χ4v) is 2.05. The molecule has 0 unspecified atom stereocenters. The molecular formula is C15H15ClN2O4. The summed E-state index contributed by atoms with van der Waals surface area (Å²) >= 11 is 5.93. The number of aromatic nitrogens is 1. The first-order chi connectivity index (χ1) is 10.6. The summed E-state index contributed by atoms with van der Waals surface area (Å²) in [5.41, 5.74) is 0.761. The minimum Gasteiger partial charge on any atom is -0.493 e. The van der Waals surface area contributed by atoms with Gasteiger partial charge in [0.2, 0.25) is 5.75 Å². The average Bonchev–Trinajstić information content (AvgIpc) is 2.55. The molecule has 1 aromatic heterocycles. The van der Waals surface area contributed by atoms with Gasteiger partial charge >= 0.3 is 0 Å². The van der Waals surface area contributed by atoms with Crippen LogP contribution in [-0.2, 0) is 0 Å². The van der Waals surface area contributed by atoms with Gasteiger partial charge in [0.25, 0.3) is 5.91 Å². The van der Waals surface area contributed by atoms with Crippen LogP contribution in [0.5, 0.6) is 17.2 Å². The Hall–Kier alpha value is -2.47. The van der Waals surface area contributed by atoms with E-state index in [4.69, 9.17) is 25.8 Å². The molecule has 0 saturated heterocycles. The third-order valence-corrected chi connectivity index (χ3v) is 3.24. The smallest absolute Gasteiger partial charge is 0.256 e. The molecule has 1 heterocycles. The van der Waals surface area contributed by atoms with Crippen LogP contribution in [0.25, 0.3) is 0 Å². The summed E-state index contributed by atoms with van der Waals surface area (Å²) < 4.78 is 15.7. The number of hydrogen-bond acceptors (Lipinski definition) is 5. The van der Waals surface area contributed by atoms with E-state index in [0.717, 1.165) is 0 Å². The minimum absolute atomic E-state index is 0.211. The molecule has 2 rings (SSSR count). The number of carbonyl (C=O) groups is 1. The lowest BCUT2D eigenvalue weighted by Crippen LogP contribution is -2.13. The van der Waals surface area contributed by atoms with E-state index in [1.54, 1.807) is 24.3 Å². The second kappa shape index (κ2) is 7.00. The van der Waals surface area contributed by atoms with Gasteiger partial charge in [-0.2, -0.15) is 0 Å². The topological polar surface area (TPSA) is 69.7 Å². The molecule has 2 aromatic rings. The number of carbonyl (C=O) groups excluding carboxylic acids is 1. The lowest BCUT2D eigenvalue weighted by atomic mass is 10.1. The minimum atomic E-state index is -0.367. The first kappa shape index (κ1) is 15.9. The number of anilines is 1.